The van der Waals surface area contributed by atoms with Gasteiger partial charge in [0, 0.05) is 40.5 Å². The van der Waals surface area contributed by atoms with Crippen LogP contribution in [0.4, 0.5) is 0 Å². The first-order chi connectivity index (χ1) is 17.6. The van der Waals surface area contributed by atoms with E-state index in [1.807, 2.05) is 6.07 Å². The second-order valence-corrected chi connectivity index (χ2v) is 25.6. The van der Waals surface area contributed by atoms with Crippen LogP contribution in [0.1, 0.15) is 107 Å². The van der Waals surface area contributed by atoms with Crippen molar-refractivity contribution < 1.29 is 18.7 Å². The van der Waals surface area contributed by atoms with Crippen LogP contribution in [-0.2, 0) is 15.5 Å². The molecule has 1 aromatic rings. The van der Waals surface area contributed by atoms with Crippen LogP contribution in [0, 0.1) is 5.92 Å². The Balaban J connectivity index is 2.08. The lowest BCUT2D eigenvalue weighted by Crippen LogP contribution is -2.52. The van der Waals surface area contributed by atoms with Gasteiger partial charge >= 0.3 is 0 Å². The summed E-state index contributed by atoms with van der Waals surface area (Å²) in [7, 11) is -4.14. The molecule has 38 heavy (non-hydrogen) atoms. The summed E-state index contributed by atoms with van der Waals surface area (Å²) < 4.78 is 22.5. The molecular weight excluding hydrogens is 572 g/mol. The average Bonchev–Trinajstić information content (AvgIpc) is 3.31. The van der Waals surface area contributed by atoms with Gasteiger partial charge in [-0.25, -0.2) is 0 Å². The highest BCUT2D eigenvalue weighted by molar-refractivity contribution is 9.10. The third-order valence-corrected chi connectivity index (χ3v) is 22.7. The van der Waals surface area contributed by atoms with Crippen LogP contribution < -0.4 is 4.74 Å². The second kappa shape index (κ2) is 12.4. The van der Waals surface area contributed by atoms with E-state index in [1.165, 1.54) is 5.56 Å². The van der Waals surface area contributed by atoms with Gasteiger partial charge in [-0.3, -0.25) is 0 Å². The summed E-state index contributed by atoms with van der Waals surface area (Å²) in [5, 5.41) is 10.1. The van der Waals surface area contributed by atoms with Gasteiger partial charge in [-0.2, -0.15) is 0 Å². The van der Waals surface area contributed by atoms with Crippen LogP contribution in [0.2, 0.25) is 33.2 Å². The largest absolute Gasteiger partial charge is 0.489 e. The zero-order valence-corrected chi connectivity index (χ0v) is 29.7. The molecule has 2 aliphatic rings. The number of rotatable bonds is 12. The van der Waals surface area contributed by atoms with Gasteiger partial charge in [0.15, 0.2) is 8.32 Å². The number of halogens is 1. The molecule has 1 aliphatic carbocycles. The lowest BCUT2D eigenvalue weighted by atomic mass is 9.88. The summed E-state index contributed by atoms with van der Waals surface area (Å²) in [6.45, 7) is 29.1. The molecule has 218 valence electrons. The number of fused-ring (bicyclic) bond motifs is 3. The Bertz CT molecular complexity index is 903. The lowest BCUT2D eigenvalue weighted by molar-refractivity contribution is 0.0882. The van der Waals surface area contributed by atoms with Crippen molar-refractivity contribution in [2.45, 2.75) is 147 Å². The minimum absolute atomic E-state index is 0.0174. The zero-order chi connectivity index (χ0) is 28.7. The van der Waals surface area contributed by atoms with E-state index in [0.717, 1.165) is 28.8 Å². The molecule has 0 amide bonds. The molecule has 1 N–H and O–H groups in total. The van der Waals surface area contributed by atoms with Gasteiger partial charge in [0.05, 0.1) is 12.7 Å². The predicted molar refractivity (Wildman–Crippen MR) is 168 cm³/mol. The Morgan fingerprint density at radius 1 is 0.842 bits per heavy atom. The Hall–Kier alpha value is -0.186. The van der Waals surface area contributed by atoms with Gasteiger partial charge in [0.2, 0.25) is 8.32 Å². The van der Waals surface area contributed by atoms with E-state index in [9.17, 15) is 5.11 Å². The van der Waals surface area contributed by atoms with Crippen LogP contribution in [0.25, 0.3) is 0 Å². The van der Waals surface area contributed by atoms with E-state index in [1.54, 1.807) is 0 Å². The highest BCUT2D eigenvalue weighted by atomic mass is 79.9. The van der Waals surface area contributed by atoms with E-state index in [-0.39, 0.29) is 30.7 Å². The number of ether oxygens (including phenoxy) is 1. The molecule has 4 atom stereocenters. The molecule has 1 aromatic carbocycles. The van der Waals surface area contributed by atoms with Gasteiger partial charge in [-0.1, -0.05) is 99.0 Å². The second-order valence-electron chi connectivity index (χ2n) is 13.8. The van der Waals surface area contributed by atoms with Gasteiger partial charge in [-0.15, -0.1) is 0 Å². The van der Waals surface area contributed by atoms with Crippen LogP contribution in [0.3, 0.4) is 0 Å². The van der Waals surface area contributed by atoms with E-state index in [2.05, 4.69) is 105 Å². The molecule has 0 radical (unpaired) electrons. The van der Waals surface area contributed by atoms with Crippen molar-refractivity contribution in [3.05, 3.63) is 27.7 Å². The quantitative estimate of drug-likeness (QED) is 0.235. The summed E-state index contributed by atoms with van der Waals surface area (Å²) in [5.74, 6) is 1.33. The fourth-order valence-corrected chi connectivity index (χ4v) is 20.3. The van der Waals surface area contributed by atoms with Gasteiger partial charge < -0.3 is 18.7 Å². The molecule has 0 saturated heterocycles. The van der Waals surface area contributed by atoms with E-state index in [0.29, 0.717) is 33.2 Å². The molecule has 1 saturated carbocycles. The Labute approximate surface area is 244 Å². The normalized spacial score (nSPS) is 23.9. The summed E-state index contributed by atoms with van der Waals surface area (Å²) in [5.41, 5.74) is 5.29. The van der Waals surface area contributed by atoms with Crippen molar-refractivity contribution >= 4 is 32.6 Å². The SMILES string of the molecule is CC(C)[Si](OC[C@@H]1[C@H]2c3cc(Br)cc(CO)c3O[C@H]2C[C@H]1O[Si](C(C)C)(C(C)C)C(C)C)(C(C)C)C(C)C. The minimum atomic E-state index is -2.09. The average molecular weight is 628 g/mol. The molecule has 1 aliphatic heterocycles. The Kier molecular flexibility index (Phi) is 10.5. The number of hydrogen-bond acceptors (Lipinski definition) is 4. The summed E-state index contributed by atoms with van der Waals surface area (Å²) in [6.07, 6.45) is 1.07. The monoisotopic (exact) mass is 626 g/mol. The van der Waals surface area contributed by atoms with Crippen molar-refractivity contribution in [1.82, 2.24) is 0 Å². The smallest absolute Gasteiger partial charge is 0.200 e. The molecule has 0 bridgehead atoms. The molecule has 0 spiro atoms. The van der Waals surface area contributed by atoms with Crippen molar-refractivity contribution in [3.8, 4) is 5.75 Å². The Morgan fingerprint density at radius 2 is 1.34 bits per heavy atom. The molecule has 0 unspecified atom stereocenters. The van der Waals surface area contributed by atoms with Gasteiger partial charge in [0.1, 0.15) is 11.9 Å². The summed E-state index contributed by atoms with van der Waals surface area (Å²) in [6, 6.07) is 4.20. The summed E-state index contributed by atoms with van der Waals surface area (Å²) in [4.78, 5) is 0. The van der Waals surface area contributed by atoms with Crippen LogP contribution >= 0.6 is 15.9 Å². The topological polar surface area (TPSA) is 47.9 Å². The third kappa shape index (κ3) is 5.50. The first-order valence-corrected chi connectivity index (χ1v) is 20.1. The van der Waals surface area contributed by atoms with Crippen molar-refractivity contribution in [2.75, 3.05) is 6.61 Å². The molecule has 7 heteroatoms. The predicted octanol–water partition coefficient (Wildman–Crippen LogP) is 9.56. The van der Waals surface area contributed by atoms with Crippen molar-refractivity contribution in [3.63, 3.8) is 0 Å². The molecule has 1 fully saturated rings. The first-order valence-electron chi connectivity index (χ1n) is 15.1. The van der Waals surface area contributed by atoms with E-state index in [4.69, 9.17) is 13.6 Å². The number of aliphatic hydroxyl groups excluding tert-OH is 1. The molecular formula is C31H55BrO4Si2. The van der Waals surface area contributed by atoms with Gasteiger partial charge in [-0.05, 0) is 45.4 Å². The first kappa shape index (κ1) is 32.3. The maximum Gasteiger partial charge on any atom is 0.200 e. The molecule has 4 nitrogen and oxygen atoms in total. The standard InChI is InChI=1S/C31H55BrO4Si2/c1-18(2)37(19(3)4,20(5)6)34-17-27-28(36-38(21(7)8,22(9)10)23(11)12)15-29-30(27)26-14-25(32)13-24(16-33)31(26)35-29/h13-14,18-23,27-30,33H,15-17H2,1-12H3/t27-,28+,29-,30+/m0/s1. The fourth-order valence-electron chi connectivity index (χ4n) is 8.70. The lowest BCUT2D eigenvalue weighted by Gasteiger charge is -2.46. The molecule has 1 heterocycles. The van der Waals surface area contributed by atoms with Crippen LogP contribution in [0.5, 0.6) is 5.75 Å². The number of hydrogen-bond donors (Lipinski definition) is 1. The minimum Gasteiger partial charge on any atom is -0.489 e. The van der Waals surface area contributed by atoms with Crippen LogP contribution in [-0.4, -0.2) is 40.6 Å². The number of benzene rings is 1. The van der Waals surface area contributed by atoms with Crippen molar-refractivity contribution in [1.29, 1.82) is 0 Å². The number of aliphatic hydroxyl groups is 1. The van der Waals surface area contributed by atoms with Crippen LogP contribution in [0.15, 0.2) is 16.6 Å². The maximum atomic E-state index is 10.1. The van der Waals surface area contributed by atoms with Crippen molar-refractivity contribution in [2.24, 2.45) is 5.92 Å². The molecule has 3 rings (SSSR count). The van der Waals surface area contributed by atoms with Gasteiger partial charge in [0.25, 0.3) is 0 Å². The fraction of sp³-hybridized carbons (Fsp3) is 0.806. The van der Waals surface area contributed by atoms with E-state index < -0.39 is 16.6 Å². The molecule has 0 aromatic heterocycles. The highest BCUT2D eigenvalue weighted by Gasteiger charge is 2.56. The van der Waals surface area contributed by atoms with E-state index >= 15 is 0 Å². The highest BCUT2D eigenvalue weighted by Crippen LogP contribution is 2.56. The Morgan fingerprint density at radius 3 is 1.79 bits per heavy atom. The zero-order valence-electron chi connectivity index (χ0n) is 26.1. The summed E-state index contributed by atoms with van der Waals surface area (Å²) >= 11 is 3.71. The third-order valence-electron chi connectivity index (χ3n) is 10.1. The maximum absolute atomic E-state index is 10.1.